The van der Waals surface area contributed by atoms with Crippen LogP contribution in [0.3, 0.4) is 0 Å². The topological polar surface area (TPSA) is 18.5 Å². The third-order valence-electron chi connectivity index (χ3n) is 3.38. The van der Waals surface area contributed by atoms with E-state index in [9.17, 15) is 0 Å². The Kier molecular flexibility index (Phi) is 6.44. The highest BCUT2D eigenvalue weighted by Crippen LogP contribution is 2.17. The van der Waals surface area contributed by atoms with Crippen LogP contribution in [0.15, 0.2) is 85.0 Å². The molecule has 0 N–H and O–H groups in total. The first-order valence-electron chi connectivity index (χ1n) is 7.95. The van der Waals surface area contributed by atoms with E-state index in [1.807, 2.05) is 67.6 Å². The van der Waals surface area contributed by atoms with Gasteiger partial charge >= 0.3 is 0 Å². The SMILES string of the molecule is C=C(C)/C=C\C(=C)COc1ccc(COc2ccc(C)cc2)cc1. The van der Waals surface area contributed by atoms with Crippen LogP contribution in [0.5, 0.6) is 11.5 Å². The lowest BCUT2D eigenvalue weighted by Gasteiger charge is -2.09. The van der Waals surface area contributed by atoms with Gasteiger partial charge in [0.05, 0.1) is 0 Å². The number of benzene rings is 2. The number of allylic oxidation sites excluding steroid dienone is 2. The molecular formula is C22H24O2. The fraction of sp³-hybridized carbons (Fsp3) is 0.182. The Labute approximate surface area is 144 Å². The third-order valence-corrected chi connectivity index (χ3v) is 3.38. The van der Waals surface area contributed by atoms with Gasteiger partial charge in [-0.25, -0.2) is 0 Å². The summed E-state index contributed by atoms with van der Waals surface area (Å²) in [5, 5.41) is 0. The highest BCUT2D eigenvalue weighted by molar-refractivity contribution is 5.30. The van der Waals surface area contributed by atoms with Crippen LogP contribution in [0.2, 0.25) is 0 Å². The molecule has 0 saturated carbocycles. The lowest BCUT2D eigenvalue weighted by molar-refractivity contribution is 0.305. The second-order valence-electron chi connectivity index (χ2n) is 5.87. The minimum absolute atomic E-state index is 0.461. The predicted molar refractivity (Wildman–Crippen MR) is 101 cm³/mol. The molecule has 2 nitrogen and oxygen atoms in total. The first kappa shape index (κ1) is 17.6. The van der Waals surface area contributed by atoms with Crippen LogP contribution in [0, 0.1) is 6.92 Å². The van der Waals surface area contributed by atoms with E-state index in [4.69, 9.17) is 9.47 Å². The Morgan fingerprint density at radius 2 is 1.46 bits per heavy atom. The van der Waals surface area contributed by atoms with E-state index >= 15 is 0 Å². The highest BCUT2D eigenvalue weighted by atomic mass is 16.5. The molecule has 0 fully saturated rings. The van der Waals surface area contributed by atoms with Crippen LogP contribution in [0.4, 0.5) is 0 Å². The molecule has 0 aliphatic rings. The number of hydrogen-bond donors (Lipinski definition) is 0. The standard InChI is InChI=1S/C22H24O2/c1-17(2)5-6-19(4)15-23-22-13-9-20(10-14-22)16-24-21-11-7-18(3)8-12-21/h5-14H,1,4,15-16H2,2-3H3/b6-5-. The van der Waals surface area contributed by atoms with Gasteiger partial charge in [-0.3, -0.25) is 0 Å². The van der Waals surface area contributed by atoms with Crippen molar-refractivity contribution in [1.82, 2.24) is 0 Å². The van der Waals surface area contributed by atoms with Crippen molar-refractivity contribution >= 4 is 0 Å². The van der Waals surface area contributed by atoms with E-state index in [1.54, 1.807) is 0 Å². The molecule has 0 atom stereocenters. The molecule has 2 heteroatoms. The molecule has 0 aliphatic heterocycles. The van der Waals surface area contributed by atoms with Crippen molar-refractivity contribution < 1.29 is 9.47 Å². The number of rotatable bonds is 8. The monoisotopic (exact) mass is 320 g/mol. The van der Waals surface area contributed by atoms with Gasteiger partial charge in [-0.05, 0) is 49.2 Å². The third kappa shape index (κ3) is 6.17. The molecule has 0 radical (unpaired) electrons. The molecular weight excluding hydrogens is 296 g/mol. The van der Waals surface area contributed by atoms with Gasteiger partial charge in [0, 0.05) is 0 Å². The van der Waals surface area contributed by atoms with Crippen molar-refractivity contribution in [3.63, 3.8) is 0 Å². The van der Waals surface area contributed by atoms with Crippen LogP contribution in [-0.2, 0) is 6.61 Å². The quantitative estimate of drug-likeness (QED) is 0.586. The number of hydrogen-bond acceptors (Lipinski definition) is 2. The smallest absolute Gasteiger partial charge is 0.119 e. The molecule has 24 heavy (non-hydrogen) atoms. The van der Waals surface area contributed by atoms with Gasteiger partial charge in [0.25, 0.3) is 0 Å². The Morgan fingerprint density at radius 3 is 2.08 bits per heavy atom. The molecule has 0 unspecified atom stereocenters. The Morgan fingerprint density at radius 1 is 0.875 bits per heavy atom. The molecule has 0 bridgehead atoms. The molecule has 124 valence electrons. The zero-order valence-electron chi connectivity index (χ0n) is 14.4. The maximum Gasteiger partial charge on any atom is 0.119 e. The van der Waals surface area contributed by atoms with Crippen LogP contribution < -0.4 is 9.47 Å². The normalized spacial score (nSPS) is 10.6. The molecule has 2 rings (SSSR count). The lowest BCUT2D eigenvalue weighted by Crippen LogP contribution is -1.99. The first-order valence-corrected chi connectivity index (χ1v) is 7.95. The van der Waals surface area contributed by atoms with Gasteiger partial charge in [-0.1, -0.05) is 60.7 Å². The van der Waals surface area contributed by atoms with E-state index in [-0.39, 0.29) is 0 Å². The second kappa shape index (κ2) is 8.78. The largest absolute Gasteiger partial charge is 0.489 e. The summed E-state index contributed by atoms with van der Waals surface area (Å²) in [4.78, 5) is 0. The molecule has 0 amide bonds. The maximum atomic E-state index is 5.77. The zero-order valence-corrected chi connectivity index (χ0v) is 14.4. The second-order valence-corrected chi connectivity index (χ2v) is 5.87. The van der Waals surface area contributed by atoms with E-state index in [2.05, 4.69) is 20.1 Å². The van der Waals surface area contributed by atoms with E-state index < -0.39 is 0 Å². The fourth-order valence-corrected chi connectivity index (χ4v) is 1.97. The van der Waals surface area contributed by atoms with Gasteiger partial charge in [-0.15, -0.1) is 0 Å². The van der Waals surface area contributed by atoms with Crippen LogP contribution in [0.25, 0.3) is 0 Å². The Hall–Kier alpha value is -2.74. The summed E-state index contributed by atoms with van der Waals surface area (Å²) in [5.74, 6) is 1.69. The van der Waals surface area contributed by atoms with Gasteiger partial charge in [0.15, 0.2) is 0 Å². The number of aryl methyl sites for hydroxylation is 1. The summed E-state index contributed by atoms with van der Waals surface area (Å²) in [6.45, 7) is 12.8. The summed E-state index contributed by atoms with van der Waals surface area (Å²) in [7, 11) is 0. The molecule has 0 saturated heterocycles. The molecule has 0 spiro atoms. The van der Waals surface area contributed by atoms with Crippen LogP contribution in [0.1, 0.15) is 18.1 Å². The van der Waals surface area contributed by atoms with Gasteiger partial charge in [0.1, 0.15) is 24.7 Å². The van der Waals surface area contributed by atoms with E-state index in [0.29, 0.717) is 13.2 Å². The Bertz CT molecular complexity index is 707. The molecule has 0 aromatic heterocycles. The average Bonchev–Trinajstić information content (AvgIpc) is 2.58. The van der Waals surface area contributed by atoms with Crippen LogP contribution in [-0.4, -0.2) is 6.61 Å². The van der Waals surface area contributed by atoms with Crippen LogP contribution >= 0.6 is 0 Å². The van der Waals surface area contributed by atoms with Gasteiger partial charge < -0.3 is 9.47 Å². The summed E-state index contributed by atoms with van der Waals surface area (Å²) < 4.78 is 11.5. The fourth-order valence-electron chi connectivity index (χ4n) is 1.97. The summed E-state index contributed by atoms with van der Waals surface area (Å²) in [5.41, 5.74) is 4.23. The predicted octanol–water partition coefficient (Wildman–Crippen LogP) is 5.64. The molecule has 2 aromatic carbocycles. The minimum Gasteiger partial charge on any atom is -0.489 e. The summed E-state index contributed by atoms with van der Waals surface area (Å²) in [6, 6.07) is 16.0. The summed E-state index contributed by atoms with van der Waals surface area (Å²) in [6.07, 6.45) is 3.85. The van der Waals surface area contributed by atoms with E-state index in [0.717, 1.165) is 28.2 Å². The lowest BCUT2D eigenvalue weighted by atomic mass is 10.2. The Balaban J connectivity index is 1.81. The van der Waals surface area contributed by atoms with Gasteiger partial charge in [0.2, 0.25) is 0 Å². The van der Waals surface area contributed by atoms with Crippen molar-refractivity contribution in [1.29, 1.82) is 0 Å². The number of ether oxygens (including phenoxy) is 2. The molecule has 2 aromatic rings. The van der Waals surface area contributed by atoms with Crippen molar-refractivity contribution in [3.8, 4) is 11.5 Å². The minimum atomic E-state index is 0.461. The van der Waals surface area contributed by atoms with Crippen molar-refractivity contribution in [3.05, 3.63) is 96.1 Å². The average molecular weight is 320 g/mol. The highest BCUT2D eigenvalue weighted by Gasteiger charge is 1.99. The van der Waals surface area contributed by atoms with Gasteiger partial charge in [-0.2, -0.15) is 0 Å². The van der Waals surface area contributed by atoms with Crippen molar-refractivity contribution in [2.24, 2.45) is 0 Å². The van der Waals surface area contributed by atoms with E-state index in [1.165, 1.54) is 5.56 Å². The zero-order chi connectivity index (χ0) is 17.4. The summed E-state index contributed by atoms with van der Waals surface area (Å²) >= 11 is 0. The maximum absolute atomic E-state index is 5.77. The molecule has 0 aliphatic carbocycles. The first-order chi connectivity index (χ1) is 11.5. The van der Waals surface area contributed by atoms with Crippen molar-refractivity contribution in [2.45, 2.75) is 20.5 Å². The molecule has 0 heterocycles. The van der Waals surface area contributed by atoms with Crippen molar-refractivity contribution in [2.75, 3.05) is 6.61 Å².